The van der Waals surface area contributed by atoms with E-state index in [1.54, 1.807) is 0 Å². The van der Waals surface area contributed by atoms with Crippen molar-refractivity contribution in [2.24, 2.45) is 11.7 Å². The van der Waals surface area contributed by atoms with Crippen molar-refractivity contribution < 1.29 is 4.79 Å². The Bertz CT molecular complexity index is 388. The Morgan fingerprint density at radius 2 is 1.79 bits per heavy atom. The lowest BCUT2D eigenvalue weighted by Gasteiger charge is -2.28. The molecular weight excluding hydrogens is 260 g/mol. The second kappa shape index (κ2) is 7.51. The van der Waals surface area contributed by atoms with Crippen molar-refractivity contribution in [2.45, 2.75) is 44.7 Å². The van der Waals surface area contributed by atoms with E-state index in [1.807, 2.05) is 30.3 Å². The van der Waals surface area contributed by atoms with Crippen LogP contribution in [0.5, 0.6) is 0 Å². The van der Waals surface area contributed by atoms with Gasteiger partial charge in [0.2, 0.25) is 5.91 Å². The highest BCUT2D eigenvalue weighted by molar-refractivity contribution is 5.85. The van der Waals surface area contributed by atoms with Crippen molar-refractivity contribution in [3.63, 3.8) is 0 Å². The summed E-state index contributed by atoms with van der Waals surface area (Å²) in [4.78, 5) is 12.1. The first-order chi connectivity index (χ1) is 8.66. The van der Waals surface area contributed by atoms with Gasteiger partial charge in [-0.2, -0.15) is 0 Å². The predicted molar refractivity (Wildman–Crippen MR) is 80.2 cm³/mol. The fraction of sp³-hybridized carbons (Fsp3) is 0.533. The van der Waals surface area contributed by atoms with Gasteiger partial charge < -0.3 is 11.1 Å². The van der Waals surface area contributed by atoms with Crippen LogP contribution in [0.1, 0.15) is 44.2 Å². The molecule has 1 fully saturated rings. The van der Waals surface area contributed by atoms with Gasteiger partial charge in [-0.15, -0.1) is 12.4 Å². The SMILES string of the molecule is CC1CCC(NC(=O)C(N)c2ccccc2)CC1.Cl. The molecule has 4 heteroatoms. The molecular formula is C15H23ClN2O. The highest BCUT2D eigenvalue weighted by Crippen LogP contribution is 2.23. The molecule has 0 radical (unpaired) electrons. The molecule has 3 N–H and O–H groups in total. The molecule has 1 aromatic carbocycles. The Hall–Kier alpha value is -1.06. The van der Waals surface area contributed by atoms with Crippen molar-refractivity contribution in [2.75, 3.05) is 0 Å². The third-order valence-corrected chi connectivity index (χ3v) is 3.80. The molecule has 0 bridgehead atoms. The van der Waals surface area contributed by atoms with Gasteiger partial charge in [0.05, 0.1) is 0 Å². The van der Waals surface area contributed by atoms with Gasteiger partial charge in [-0.3, -0.25) is 4.79 Å². The number of carbonyl (C=O) groups excluding carboxylic acids is 1. The van der Waals surface area contributed by atoms with E-state index in [4.69, 9.17) is 5.73 Å². The summed E-state index contributed by atoms with van der Waals surface area (Å²) in [6, 6.07) is 9.29. The summed E-state index contributed by atoms with van der Waals surface area (Å²) in [6.07, 6.45) is 4.56. The molecule has 0 spiro atoms. The molecule has 1 aromatic rings. The van der Waals surface area contributed by atoms with Crippen LogP contribution in [0, 0.1) is 5.92 Å². The smallest absolute Gasteiger partial charge is 0.241 e. The van der Waals surface area contributed by atoms with E-state index >= 15 is 0 Å². The van der Waals surface area contributed by atoms with Crippen LogP contribution in [-0.2, 0) is 4.79 Å². The molecule has 1 unspecified atom stereocenters. The monoisotopic (exact) mass is 282 g/mol. The second-order valence-electron chi connectivity index (χ2n) is 5.35. The highest BCUT2D eigenvalue weighted by atomic mass is 35.5. The van der Waals surface area contributed by atoms with E-state index in [-0.39, 0.29) is 18.3 Å². The topological polar surface area (TPSA) is 55.1 Å². The number of halogens is 1. The summed E-state index contributed by atoms with van der Waals surface area (Å²) in [6.45, 7) is 2.27. The number of nitrogens with one attached hydrogen (secondary N) is 1. The average Bonchev–Trinajstić information content (AvgIpc) is 2.41. The number of nitrogens with two attached hydrogens (primary N) is 1. The molecule has 19 heavy (non-hydrogen) atoms. The maximum Gasteiger partial charge on any atom is 0.241 e. The third-order valence-electron chi connectivity index (χ3n) is 3.80. The number of rotatable bonds is 3. The molecule has 1 aliphatic rings. The van der Waals surface area contributed by atoms with E-state index in [0.717, 1.165) is 24.3 Å². The van der Waals surface area contributed by atoms with Crippen molar-refractivity contribution in [3.8, 4) is 0 Å². The van der Waals surface area contributed by atoms with Crippen molar-refractivity contribution in [1.82, 2.24) is 5.32 Å². The number of amides is 1. The van der Waals surface area contributed by atoms with Crippen LogP contribution >= 0.6 is 12.4 Å². The van der Waals surface area contributed by atoms with E-state index < -0.39 is 6.04 Å². The molecule has 3 nitrogen and oxygen atoms in total. The Kier molecular flexibility index (Phi) is 6.32. The first-order valence-corrected chi connectivity index (χ1v) is 6.77. The number of benzene rings is 1. The Balaban J connectivity index is 0.00000180. The molecule has 1 amide bonds. The van der Waals surface area contributed by atoms with E-state index in [0.29, 0.717) is 6.04 Å². The third kappa shape index (κ3) is 4.51. The lowest BCUT2D eigenvalue weighted by atomic mass is 9.87. The molecule has 0 aromatic heterocycles. The van der Waals surface area contributed by atoms with E-state index in [1.165, 1.54) is 12.8 Å². The summed E-state index contributed by atoms with van der Waals surface area (Å²) < 4.78 is 0. The van der Waals surface area contributed by atoms with Crippen LogP contribution in [0.25, 0.3) is 0 Å². The fourth-order valence-corrected chi connectivity index (χ4v) is 2.51. The molecule has 0 aliphatic heterocycles. The van der Waals surface area contributed by atoms with Crippen molar-refractivity contribution in [3.05, 3.63) is 35.9 Å². The van der Waals surface area contributed by atoms with Gasteiger partial charge in [-0.25, -0.2) is 0 Å². The zero-order chi connectivity index (χ0) is 13.0. The minimum absolute atomic E-state index is 0. The maximum absolute atomic E-state index is 12.1. The quantitative estimate of drug-likeness (QED) is 0.896. The summed E-state index contributed by atoms with van der Waals surface area (Å²) in [5.74, 6) is 0.738. The Morgan fingerprint density at radius 1 is 1.21 bits per heavy atom. The Labute approximate surface area is 121 Å². The number of hydrogen-bond acceptors (Lipinski definition) is 2. The second-order valence-corrected chi connectivity index (χ2v) is 5.35. The minimum Gasteiger partial charge on any atom is -0.352 e. The molecule has 2 rings (SSSR count). The molecule has 0 heterocycles. The van der Waals surface area contributed by atoms with Gasteiger partial charge in [0.25, 0.3) is 0 Å². The lowest BCUT2D eigenvalue weighted by Crippen LogP contribution is -2.42. The molecule has 0 saturated heterocycles. The van der Waals surface area contributed by atoms with E-state index in [9.17, 15) is 4.79 Å². The van der Waals surface area contributed by atoms with Crippen molar-refractivity contribution >= 4 is 18.3 Å². The fourth-order valence-electron chi connectivity index (χ4n) is 2.51. The minimum atomic E-state index is -0.550. The normalized spacial score (nSPS) is 24.1. The molecule has 1 atom stereocenters. The van der Waals surface area contributed by atoms with Crippen LogP contribution in [0.2, 0.25) is 0 Å². The van der Waals surface area contributed by atoms with Crippen molar-refractivity contribution in [1.29, 1.82) is 0 Å². The van der Waals surface area contributed by atoms with Crippen LogP contribution in [-0.4, -0.2) is 11.9 Å². The van der Waals surface area contributed by atoms with E-state index in [2.05, 4.69) is 12.2 Å². The van der Waals surface area contributed by atoms with Gasteiger partial charge in [0.1, 0.15) is 6.04 Å². The standard InChI is InChI=1S/C15H22N2O.ClH/c1-11-7-9-13(10-8-11)17-15(18)14(16)12-5-3-2-4-6-12;/h2-6,11,13-14H,7-10,16H2,1H3,(H,17,18);1H. The zero-order valence-corrected chi connectivity index (χ0v) is 12.2. The summed E-state index contributed by atoms with van der Waals surface area (Å²) in [5.41, 5.74) is 6.85. The van der Waals surface area contributed by atoms with Gasteiger partial charge in [0, 0.05) is 6.04 Å². The first-order valence-electron chi connectivity index (χ1n) is 6.77. The summed E-state index contributed by atoms with van der Waals surface area (Å²) in [7, 11) is 0. The van der Waals surface area contributed by atoms with Gasteiger partial charge in [0.15, 0.2) is 0 Å². The average molecular weight is 283 g/mol. The maximum atomic E-state index is 12.1. The lowest BCUT2D eigenvalue weighted by molar-refractivity contribution is -0.123. The molecule has 1 saturated carbocycles. The first kappa shape index (κ1) is 16.0. The largest absolute Gasteiger partial charge is 0.352 e. The van der Waals surface area contributed by atoms with Gasteiger partial charge >= 0.3 is 0 Å². The van der Waals surface area contributed by atoms with Gasteiger partial charge in [-0.05, 0) is 37.2 Å². The molecule has 106 valence electrons. The Morgan fingerprint density at radius 3 is 2.37 bits per heavy atom. The number of hydrogen-bond donors (Lipinski definition) is 2. The van der Waals surface area contributed by atoms with Gasteiger partial charge in [-0.1, -0.05) is 37.3 Å². The number of carbonyl (C=O) groups is 1. The van der Waals surface area contributed by atoms with Crippen LogP contribution in [0.4, 0.5) is 0 Å². The van der Waals surface area contributed by atoms with Crippen LogP contribution in [0.15, 0.2) is 30.3 Å². The molecule has 1 aliphatic carbocycles. The predicted octanol–water partition coefficient (Wildman–Crippen LogP) is 2.80. The highest BCUT2D eigenvalue weighted by Gasteiger charge is 2.22. The zero-order valence-electron chi connectivity index (χ0n) is 11.3. The summed E-state index contributed by atoms with van der Waals surface area (Å²) in [5, 5.41) is 3.07. The summed E-state index contributed by atoms with van der Waals surface area (Å²) >= 11 is 0. The van der Waals surface area contributed by atoms with Crippen LogP contribution < -0.4 is 11.1 Å². The van der Waals surface area contributed by atoms with Crippen LogP contribution in [0.3, 0.4) is 0 Å².